The van der Waals surface area contributed by atoms with Crippen LogP contribution in [0.2, 0.25) is 0 Å². The number of Topliss-reactive ketones (excluding diaryl/α,β-unsaturated/α-hetero) is 1. The van der Waals surface area contributed by atoms with Crippen LogP contribution in [-0.4, -0.2) is 10.7 Å². The van der Waals surface area contributed by atoms with Crippen LogP contribution in [0.25, 0.3) is 0 Å². The number of ketones is 1. The van der Waals surface area contributed by atoms with Gasteiger partial charge in [0.2, 0.25) is 0 Å². The van der Waals surface area contributed by atoms with E-state index in [1.54, 1.807) is 49.4 Å². The van der Waals surface area contributed by atoms with Crippen molar-refractivity contribution in [2.45, 2.75) is 11.8 Å². The first-order valence-electron chi connectivity index (χ1n) is 5.56. The lowest BCUT2D eigenvalue weighted by atomic mass is 9.83. The molecule has 0 spiro atoms. The molecule has 1 aliphatic carbocycles. The van der Waals surface area contributed by atoms with Gasteiger partial charge >= 0.3 is 0 Å². The Kier molecular flexibility index (Phi) is 3.51. The van der Waals surface area contributed by atoms with Crippen LogP contribution in [0.5, 0.6) is 0 Å². The van der Waals surface area contributed by atoms with Crippen LogP contribution < -0.4 is 5.73 Å². The summed E-state index contributed by atoms with van der Waals surface area (Å²) in [5.41, 5.74) is 6.80. The highest BCUT2D eigenvalue weighted by atomic mass is 35.5. The minimum absolute atomic E-state index is 0.0602. The summed E-state index contributed by atoms with van der Waals surface area (Å²) in [7, 11) is 0. The van der Waals surface area contributed by atoms with Crippen LogP contribution in [-0.2, 0) is 0 Å². The molecule has 94 valence electrons. The second-order valence-corrected chi connectivity index (χ2v) is 5.63. The average Bonchev–Trinajstić information content (AvgIpc) is 2.33. The number of hydrogen-bond donors (Lipinski definition) is 1. The van der Waals surface area contributed by atoms with Crippen molar-refractivity contribution in [3.05, 3.63) is 53.1 Å². The largest absolute Gasteiger partial charge is 0.399 e. The van der Waals surface area contributed by atoms with Gasteiger partial charge in [-0.3, -0.25) is 4.79 Å². The molecule has 0 fully saturated rings. The van der Waals surface area contributed by atoms with Gasteiger partial charge in [-0.2, -0.15) is 0 Å². The fraction of sp³-hybridized carbons (Fsp3) is 0.214. The molecular formula is C14H13Cl2NO. The van der Waals surface area contributed by atoms with Gasteiger partial charge in [-0.25, -0.2) is 0 Å². The molecule has 1 aromatic carbocycles. The van der Waals surface area contributed by atoms with E-state index in [0.717, 1.165) is 0 Å². The molecule has 2 unspecified atom stereocenters. The van der Waals surface area contributed by atoms with E-state index in [1.807, 2.05) is 0 Å². The standard InChI is InChI=1S/C14H13Cl2NO/c1-14(16)11(3-2-4-12(14)15)13(18)9-5-7-10(17)8-6-9/h2-8,11H,17H2,1H3. The maximum absolute atomic E-state index is 12.4. The molecule has 0 aromatic heterocycles. The van der Waals surface area contributed by atoms with Crippen molar-refractivity contribution in [2.24, 2.45) is 5.92 Å². The number of allylic oxidation sites excluding steroid dienone is 4. The van der Waals surface area contributed by atoms with Crippen molar-refractivity contribution in [2.75, 3.05) is 5.73 Å². The zero-order valence-electron chi connectivity index (χ0n) is 9.86. The molecule has 0 heterocycles. The molecular weight excluding hydrogens is 269 g/mol. The van der Waals surface area contributed by atoms with Gasteiger partial charge in [0, 0.05) is 16.3 Å². The number of carbonyl (C=O) groups is 1. The molecule has 2 rings (SSSR count). The number of rotatable bonds is 2. The minimum atomic E-state index is -0.894. The predicted octanol–water partition coefficient (Wildman–Crippen LogP) is 3.76. The number of benzene rings is 1. The molecule has 2 nitrogen and oxygen atoms in total. The maximum Gasteiger partial charge on any atom is 0.171 e. The van der Waals surface area contributed by atoms with Gasteiger partial charge in [-0.05, 0) is 37.3 Å². The fourth-order valence-electron chi connectivity index (χ4n) is 1.90. The summed E-state index contributed by atoms with van der Waals surface area (Å²) >= 11 is 12.4. The summed E-state index contributed by atoms with van der Waals surface area (Å²) in [5, 5.41) is 0.473. The highest BCUT2D eigenvalue weighted by Crippen LogP contribution is 2.40. The first kappa shape index (κ1) is 13.2. The Morgan fingerprint density at radius 3 is 2.56 bits per heavy atom. The number of hydrogen-bond acceptors (Lipinski definition) is 2. The summed E-state index contributed by atoms with van der Waals surface area (Å²) in [6.07, 6.45) is 5.24. The Balaban J connectivity index is 2.32. The first-order valence-corrected chi connectivity index (χ1v) is 6.31. The number of halogens is 2. The molecule has 2 N–H and O–H groups in total. The lowest BCUT2D eigenvalue weighted by Crippen LogP contribution is -2.35. The van der Waals surface area contributed by atoms with E-state index in [2.05, 4.69) is 0 Å². The molecule has 18 heavy (non-hydrogen) atoms. The molecule has 0 aliphatic heterocycles. The lowest BCUT2D eigenvalue weighted by Gasteiger charge is -2.30. The van der Waals surface area contributed by atoms with Crippen molar-refractivity contribution >= 4 is 34.7 Å². The van der Waals surface area contributed by atoms with E-state index in [9.17, 15) is 4.79 Å². The van der Waals surface area contributed by atoms with Crippen molar-refractivity contribution in [1.29, 1.82) is 0 Å². The van der Waals surface area contributed by atoms with Gasteiger partial charge in [-0.1, -0.05) is 23.8 Å². The normalized spacial score (nSPS) is 26.8. The van der Waals surface area contributed by atoms with Gasteiger partial charge in [0.15, 0.2) is 5.78 Å². The van der Waals surface area contributed by atoms with Crippen LogP contribution >= 0.6 is 23.2 Å². The second kappa shape index (κ2) is 4.79. The van der Waals surface area contributed by atoms with Gasteiger partial charge in [0.1, 0.15) is 0 Å². The third-order valence-electron chi connectivity index (χ3n) is 3.07. The van der Waals surface area contributed by atoms with Gasteiger partial charge in [0.05, 0.1) is 10.8 Å². The Labute approximate surface area is 116 Å². The summed E-state index contributed by atoms with van der Waals surface area (Å²) in [5.74, 6) is -0.532. The molecule has 0 saturated heterocycles. The van der Waals surface area contributed by atoms with Gasteiger partial charge in [-0.15, -0.1) is 11.6 Å². The van der Waals surface area contributed by atoms with E-state index in [4.69, 9.17) is 28.9 Å². The van der Waals surface area contributed by atoms with E-state index in [-0.39, 0.29) is 5.78 Å². The predicted molar refractivity (Wildman–Crippen MR) is 76.0 cm³/mol. The van der Waals surface area contributed by atoms with Crippen LogP contribution in [0.15, 0.2) is 47.5 Å². The lowest BCUT2D eigenvalue weighted by molar-refractivity contribution is 0.0932. The molecule has 0 bridgehead atoms. The highest BCUT2D eigenvalue weighted by Gasteiger charge is 2.40. The van der Waals surface area contributed by atoms with Crippen molar-refractivity contribution in [3.63, 3.8) is 0 Å². The second-order valence-electron chi connectivity index (χ2n) is 4.44. The summed E-state index contributed by atoms with van der Waals surface area (Å²) in [6, 6.07) is 6.79. The fourth-order valence-corrected chi connectivity index (χ4v) is 2.33. The Bertz CT molecular complexity index is 529. The smallest absolute Gasteiger partial charge is 0.171 e. The van der Waals surface area contributed by atoms with Gasteiger partial charge < -0.3 is 5.73 Å². The molecule has 0 radical (unpaired) electrons. The Morgan fingerprint density at radius 2 is 1.94 bits per heavy atom. The van der Waals surface area contributed by atoms with Gasteiger partial charge in [0.25, 0.3) is 0 Å². The molecule has 0 saturated carbocycles. The number of anilines is 1. The maximum atomic E-state index is 12.4. The van der Waals surface area contributed by atoms with Crippen LogP contribution in [0, 0.1) is 5.92 Å². The zero-order valence-corrected chi connectivity index (χ0v) is 11.4. The minimum Gasteiger partial charge on any atom is -0.399 e. The van der Waals surface area contributed by atoms with E-state index in [1.165, 1.54) is 0 Å². The highest BCUT2D eigenvalue weighted by molar-refractivity contribution is 6.40. The Morgan fingerprint density at radius 1 is 1.33 bits per heavy atom. The number of carbonyl (C=O) groups excluding carboxylic acids is 1. The quantitative estimate of drug-likeness (QED) is 0.510. The number of alkyl halides is 1. The van der Waals surface area contributed by atoms with E-state index >= 15 is 0 Å². The Hall–Kier alpha value is -1.25. The SMILES string of the molecule is CC1(Cl)C(Cl)=CC=CC1C(=O)c1ccc(N)cc1. The van der Waals surface area contributed by atoms with Crippen LogP contribution in [0.4, 0.5) is 5.69 Å². The van der Waals surface area contributed by atoms with Crippen LogP contribution in [0.1, 0.15) is 17.3 Å². The van der Waals surface area contributed by atoms with E-state index in [0.29, 0.717) is 16.3 Å². The van der Waals surface area contributed by atoms with Crippen molar-refractivity contribution < 1.29 is 4.79 Å². The molecule has 1 aromatic rings. The number of nitrogens with two attached hydrogens (primary N) is 1. The summed E-state index contributed by atoms with van der Waals surface area (Å²) in [6.45, 7) is 1.75. The number of nitrogen functional groups attached to an aromatic ring is 1. The third kappa shape index (κ3) is 2.31. The third-order valence-corrected chi connectivity index (χ3v) is 4.13. The average molecular weight is 282 g/mol. The zero-order chi connectivity index (χ0) is 13.3. The molecule has 4 heteroatoms. The van der Waals surface area contributed by atoms with Crippen LogP contribution in [0.3, 0.4) is 0 Å². The molecule has 2 atom stereocenters. The van der Waals surface area contributed by atoms with Crippen molar-refractivity contribution in [1.82, 2.24) is 0 Å². The molecule has 1 aliphatic rings. The first-order chi connectivity index (χ1) is 8.43. The molecule has 0 amide bonds. The topological polar surface area (TPSA) is 43.1 Å². The monoisotopic (exact) mass is 281 g/mol. The summed E-state index contributed by atoms with van der Waals surface area (Å²) in [4.78, 5) is 11.5. The summed E-state index contributed by atoms with van der Waals surface area (Å²) < 4.78 is 0. The van der Waals surface area contributed by atoms with Crippen molar-refractivity contribution in [3.8, 4) is 0 Å². The van der Waals surface area contributed by atoms with E-state index < -0.39 is 10.8 Å².